The van der Waals surface area contributed by atoms with Crippen LogP contribution in [0.4, 0.5) is 0 Å². The fraction of sp³-hybridized carbons (Fsp3) is 0.435. The zero-order valence-electron chi connectivity index (χ0n) is 17.6. The van der Waals surface area contributed by atoms with Crippen LogP contribution in [-0.2, 0) is 19.7 Å². The van der Waals surface area contributed by atoms with Gasteiger partial charge in [0.2, 0.25) is 5.91 Å². The van der Waals surface area contributed by atoms with Gasteiger partial charge in [-0.3, -0.25) is 14.4 Å². The zero-order valence-corrected chi connectivity index (χ0v) is 17.6. The Labute approximate surface area is 176 Å². The van der Waals surface area contributed by atoms with E-state index in [4.69, 9.17) is 4.74 Å². The number of H-pyrrole nitrogens is 1. The van der Waals surface area contributed by atoms with Crippen molar-refractivity contribution in [2.24, 2.45) is 0 Å². The van der Waals surface area contributed by atoms with E-state index in [2.05, 4.69) is 15.6 Å². The molecule has 1 aromatic heterocycles. The Bertz CT molecular complexity index is 877. The molecule has 1 fully saturated rings. The van der Waals surface area contributed by atoms with Gasteiger partial charge in [0.05, 0.1) is 11.7 Å². The van der Waals surface area contributed by atoms with Gasteiger partial charge < -0.3 is 20.4 Å². The van der Waals surface area contributed by atoms with Gasteiger partial charge in [-0.1, -0.05) is 51.1 Å². The number of Topliss-reactive ketones (excluding diaryl/α,β-unsaturated/α-hetero) is 1. The highest BCUT2D eigenvalue weighted by Crippen LogP contribution is 2.28. The summed E-state index contributed by atoms with van der Waals surface area (Å²) in [6.07, 6.45) is 3.88. The van der Waals surface area contributed by atoms with Crippen molar-refractivity contribution in [3.63, 3.8) is 0 Å². The van der Waals surface area contributed by atoms with Crippen molar-refractivity contribution < 1.29 is 19.1 Å². The Morgan fingerprint density at radius 3 is 2.60 bits per heavy atom. The Balaban J connectivity index is 1.80. The second kappa shape index (κ2) is 9.26. The minimum atomic E-state index is -0.812. The molecule has 3 rings (SSSR count). The SMILES string of the molecule is CCC1OCC(=O)C1NC(=O)[C@H](CC(C)(C)c1ccccc1)NC(=O)c1cc[nH]c1. The van der Waals surface area contributed by atoms with Crippen molar-refractivity contribution in [3.05, 3.63) is 59.9 Å². The number of aromatic amines is 1. The van der Waals surface area contributed by atoms with Crippen LogP contribution in [0.15, 0.2) is 48.8 Å². The van der Waals surface area contributed by atoms with Crippen molar-refractivity contribution in [1.29, 1.82) is 0 Å². The van der Waals surface area contributed by atoms with E-state index in [1.54, 1.807) is 18.5 Å². The van der Waals surface area contributed by atoms with Crippen molar-refractivity contribution >= 4 is 17.6 Å². The van der Waals surface area contributed by atoms with Crippen molar-refractivity contribution in [3.8, 4) is 0 Å². The predicted molar refractivity (Wildman–Crippen MR) is 113 cm³/mol. The smallest absolute Gasteiger partial charge is 0.253 e. The summed E-state index contributed by atoms with van der Waals surface area (Å²) < 4.78 is 5.46. The molecule has 7 heteroatoms. The van der Waals surface area contributed by atoms with Crippen LogP contribution < -0.4 is 10.6 Å². The third kappa shape index (κ3) is 4.97. The lowest BCUT2D eigenvalue weighted by molar-refractivity contribution is -0.128. The molecule has 1 saturated heterocycles. The van der Waals surface area contributed by atoms with Gasteiger partial charge in [0.1, 0.15) is 18.7 Å². The number of ether oxygens (including phenoxy) is 1. The molecule has 7 nitrogen and oxygen atoms in total. The second-order valence-electron chi connectivity index (χ2n) is 8.29. The van der Waals surface area contributed by atoms with Crippen LogP contribution >= 0.6 is 0 Å². The Morgan fingerprint density at radius 1 is 1.23 bits per heavy atom. The Kier molecular flexibility index (Phi) is 6.72. The summed E-state index contributed by atoms with van der Waals surface area (Å²) in [6, 6.07) is 10.00. The van der Waals surface area contributed by atoms with Crippen LogP contribution in [0, 0.1) is 0 Å². The molecule has 2 heterocycles. The minimum Gasteiger partial charge on any atom is -0.368 e. The number of ketones is 1. The van der Waals surface area contributed by atoms with Crippen LogP contribution in [0.5, 0.6) is 0 Å². The van der Waals surface area contributed by atoms with Crippen molar-refractivity contribution in [2.75, 3.05) is 6.61 Å². The number of hydrogen-bond acceptors (Lipinski definition) is 4. The predicted octanol–water partition coefficient (Wildman–Crippen LogP) is 2.34. The fourth-order valence-electron chi connectivity index (χ4n) is 3.80. The molecule has 2 unspecified atom stereocenters. The van der Waals surface area contributed by atoms with E-state index < -0.39 is 12.1 Å². The zero-order chi connectivity index (χ0) is 21.7. The molecule has 30 heavy (non-hydrogen) atoms. The number of aromatic nitrogens is 1. The van der Waals surface area contributed by atoms with E-state index in [-0.39, 0.29) is 35.7 Å². The maximum atomic E-state index is 13.2. The average Bonchev–Trinajstić information content (AvgIpc) is 3.39. The van der Waals surface area contributed by atoms with E-state index in [9.17, 15) is 14.4 Å². The number of rotatable bonds is 8. The number of hydrogen-bond donors (Lipinski definition) is 3. The molecule has 0 aliphatic carbocycles. The summed E-state index contributed by atoms with van der Waals surface area (Å²) in [7, 11) is 0. The maximum Gasteiger partial charge on any atom is 0.253 e. The molecule has 160 valence electrons. The molecule has 2 aromatic rings. The van der Waals surface area contributed by atoms with Gasteiger partial charge in [-0.25, -0.2) is 0 Å². The monoisotopic (exact) mass is 411 g/mol. The first-order chi connectivity index (χ1) is 14.3. The van der Waals surface area contributed by atoms with Gasteiger partial charge in [0, 0.05) is 12.4 Å². The molecule has 3 N–H and O–H groups in total. The van der Waals surface area contributed by atoms with Crippen molar-refractivity contribution in [2.45, 2.75) is 57.2 Å². The van der Waals surface area contributed by atoms with E-state index in [0.717, 1.165) is 5.56 Å². The lowest BCUT2D eigenvalue weighted by Gasteiger charge is -2.31. The fourth-order valence-corrected chi connectivity index (χ4v) is 3.80. The number of carbonyl (C=O) groups excluding carboxylic acids is 3. The van der Waals surface area contributed by atoms with Gasteiger partial charge in [0.25, 0.3) is 5.91 Å². The summed E-state index contributed by atoms with van der Waals surface area (Å²) >= 11 is 0. The first-order valence-electron chi connectivity index (χ1n) is 10.3. The average molecular weight is 412 g/mol. The standard InChI is InChI=1S/C23H29N3O4/c1-4-19-20(18(27)14-30-19)26-22(29)17(25-21(28)15-10-11-24-13-15)12-23(2,3)16-8-6-5-7-9-16/h5-11,13,17,19-20,24H,4,12,14H2,1-3H3,(H,25,28)(H,26,29)/t17-,19?,20?/m0/s1. The summed E-state index contributed by atoms with van der Waals surface area (Å²) in [5.41, 5.74) is 1.12. The molecule has 1 aliphatic heterocycles. The van der Waals surface area contributed by atoms with Gasteiger partial charge in [-0.15, -0.1) is 0 Å². The highest BCUT2D eigenvalue weighted by Gasteiger charge is 2.38. The number of amides is 2. The first kappa shape index (κ1) is 21.8. The van der Waals surface area contributed by atoms with E-state index in [1.165, 1.54) is 0 Å². The molecule has 0 radical (unpaired) electrons. The highest BCUT2D eigenvalue weighted by atomic mass is 16.5. The molecule has 1 aliphatic rings. The molecular weight excluding hydrogens is 382 g/mol. The van der Waals surface area contributed by atoms with Gasteiger partial charge in [-0.05, 0) is 29.9 Å². The van der Waals surface area contributed by atoms with Gasteiger partial charge >= 0.3 is 0 Å². The maximum absolute atomic E-state index is 13.2. The quantitative estimate of drug-likeness (QED) is 0.621. The van der Waals surface area contributed by atoms with E-state index >= 15 is 0 Å². The first-order valence-corrected chi connectivity index (χ1v) is 10.3. The minimum absolute atomic E-state index is 0.000657. The topological polar surface area (TPSA) is 100 Å². The van der Waals surface area contributed by atoms with Crippen LogP contribution in [0.25, 0.3) is 0 Å². The Hall–Kier alpha value is -2.93. The van der Waals surface area contributed by atoms with Crippen molar-refractivity contribution in [1.82, 2.24) is 15.6 Å². The molecule has 3 atom stereocenters. The molecular formula is C23H29N3O4. The number of carbonyl (C=O) groups is 3. The largest absolute Gasteiger partial charge is 0.368 e. The van der Waals surface area contributed by atoms with Crippen LogP contribution in [0.2, 0.25) is 0 Å². The summed E-state index contributed by atoms with van der Waals surface area (Å²) in [5.74, 6) is -0.875. The lowest BCUT2D eigenvalue weighted by Crippen LogP contribution is -2.54. The summed E-state index contributed by atoms with van der Waals surface area (Å²) in [5, 5.41) is 5.66. The Morgan fingerprint density at radius 2 is 1.97 bits per heavy atom. The van der Waals surface area contributed by atoms with E-state index in [1.807, 2.05) is 51.1 Å². The number of benzene rings is 1. The summed E-state index contributed by atoms with van der Waals surface area (Å²) in [4.78, 5) is 40.9. The highest BCUT2D eigenvalue weighted by molar-refractivity contribution is 5.98. The molecule has 0 bridgehead atoms. The number of nitrogens with one attached hydrogen (secondary N) is 3. The second-order valence-corrected chi connectivity index (χ2v) is 8.29. The summed E-state index contributed by atoms with van der Waals surface area (Å²) in [6.45, 7) is 5.97. The van der Waals surface area contributed by atoms with Crippen LogP contribution in [0.1, 0.15) is 49.5 Å². The lowest BCUT2D eigenvalue weighted by atomic mass is 9.78. The molecule has 0 spiro atoms. The molecule has 2 amide bonds. The third-order valence-electron chi connectivity index (χ3n) is 5.61. The third-order valence-corrected chi connectivity index (χ3v) is 5.61. The molecule has 1 aromatic carbocycles. The van der Waals surface area contributed by atoms with Gasteiger partial charge in [0.15, 0.2) is 5.78 Å². The van der Waals surface area contributed by atoms with Crippen LogP contribution in [0.3, 0.4) is 0 Å². The molecule has 0 saturated carbocycles. The van der Waals surface area contributed by atoms with E-state index in [0.29, 0.717) is 18.4 Å². The van der Waals surface area contributed by atoms with Gasteiger partial charge in [-0.2, -0.15) is 0 Å². The normalized spacial score (nSPS) is 20.0. The van der Waals surface area contributed by atoms with Crippen LogP contribution in [-0.4, -0.2) is 47.4 Å².